The normalized spacial score (nSPS) is 18.7. The fourth-order valence-electron chi connectivity index (χ4n) is 2.63. The van der Waals surface area contributed by atoms with Crippen molar-refractivity contribution in [1.29, 1.82) is 0 Å². The lowest BCUT2D eigenvalue weighted by molar-refractivity contribution is -0.124. The second-order valence-corrected chi connectivity index (χ2v) is 6.15. The summed E-state index contributed by atoms with van der Waals surface area (Å²) in [4.78, 5) is 14.4. The third-order valence-corrected chi connectivity index (χ3v) is 4.62. The molecule has 0 aliphatic carbocycles. The van der Waals surface area contributed by atoms with E-state index in [0.29, 0.717) is 6.54 Å². The number of amides is 1. The molecule has 2 atom stereocenters. The Kier molecular flexibility index (Phi) is 6.68. The molecule has 1 heterocycles. The van der Waals surface area contributed by atoms with E-state index in [-0.39, 0.29) is 17.9 Å². The minimum Gasteiger partial charge on any atom is -0.379 e. The van der Waals surface area contributed by atoms with Crippen LogP contribution in [0.5, 0.6) is 0 Å². The van der Waals surface area contributed by atoms with Gasteiger partial charge in [-0.15, -0.1) is 0 Å². The molecule has 5 heteroatoms. The van der Waals surface area contributed by atoms with Crippen LogP contribution in [0.15, 0.2) is 24.3 Å². The molecule has 2 unspecified atom stereocenters. The van der Waals surface area contributed by atoms with Crippen LogP contribution in [0.3, 0.4) is 0 Å². The first-order valence-corrected chi connectivity index (χ1v) is 8.35. The molecule has 0 saturated carbocycles. The van der Waals surface area contributed by atoms with Crippen LogP contribution in [0.2, 0.25) is 5.02 Å². The van der Waals surface area contributed by atoms with Crippen molar-refractivity contribution >= 4 is 17.5 Å². The molecule has 1 aliphatic rings. The first-order chi connectivity index (χ1) is 10.6. The number of benzene rings is 1. The van der Waals surface area contributed by atoms with Crippen LogP contribution in [0.25, 0.3) is 0 Å². The molecule has 1 saturated heterocycles. The number of halogens is 1. The summed E-state index contributed by atoms with van der Waals surface area (Å²) >= 11 is 6.37. The van der Waals surface area contributed by atoms with Gasteiger partial charge in [-0.2, -0.15) is 0 Å². The van der Waals surface area contributed by atoms with Gasteiger partial charge >= 0.3 is 0 Å². The lowest BCUT2D eigenvalue weighted by Gasteiger charge is -2.35. The van der Waals surface area contributed by atoms with Crippen LogP contribution in [0, 0.1) is 5.92 Å². The summed E-state index contributed by atoms with van der Waals surface area (Å²) in [6.07, 6.45) is 0.847. The van der Waals surface area contributed by atoms with Gasteiger partial charge in [-0.3, -0.25) is 9.69 Å². The van der Waals surface area contributed by atoms with Crippen molar-refractivity contribution in [3.63, 3.8) is 0 Å². The molecule has 0 aromatic heterocycles. The van der Waals surface area contributed by atoms with Gasteiger partial charge < -0.3 is 10.1 Å². The predicted molar refractivity (Wildman–Crippen MR) is 89.0 cm³/mol. The number of nitrogens with one attached hydrogen (secondary N) is 1. The van der Waals surface area contributed by atoms with Gasteiger partial charge in [-0.1, -0.05) is 43.6 Å². The predicted octanol–water partition coefficient (Wildman–Crippen LogP) is 2.88. The monoisotopic (exact) mass is 324 g/mol. The number of rotatable bonds is 6. The Morgan fingerprint density at radius 3 is 2.68 bits per heavy atom. The van der Waals surface area contributed by atoms with Crippen LogP contribution in [0.4, 0.5) is 0 Å². The summed E-state index contributed by atoms with van der Waals surface area (Å²) < 4.78 is 5.44. The van der Waals surface area contributed by atoms with Crippen LogP contribution >= 0.6 is 11.6 Å². The highest BCUT2D eigenvalue weighted by molar-refractivity contribution is 6.31. The third-order valence-electron chi connectivity index (χ3n) is 4.28. The molecular weight excluding hydrogens is 300 g/mol. The molecule has 1 aliphatic heterocycles. The summed E-state index contributed by atoms with van der Waals surface area (Å²) in [7, 11) is 0. The fourth-order valence-corrected chi connectivity index (χ4v) is 2.89. The van der Waals surface area contributed by atoms with Crippen LogP contribution in [0.1, 0.15) is 31.9 Å². The van der Waals surface area contributed by atoms with Crippen molar-refractivity contribution in [2.75, 3.05) is 32.8 Å². The highest BCUT2D eigenvalue weighted by atomic mass is 35.5. The number of hydrogen-bond donors (Lipinski definition) is 1. The number of carbonyl (C=O) groups excluding carboxylic acids is 1. The Hall–Kier alpha value is -1.10. The highest BCUT2D eigenvalue weighted by Crippen LogP contribution is 2.27. The van der Waals surface area contributed by atoms with Crippen molar-refractivity contribution in [1.82, 2.24) is 10.2 Å². The minimum atomic E-state index is 0.0385. The second-order valence-electron chi connectivity index (χ2n) is 5.74. The number of morpholine rings is 1. The Balaban J connectivity index is 2.11. The molecule has 0 spiro atoms. The molecule has 1 aromatic carbocycles. The van der Waals surface area contributed by atoms with Gasteiger partial charge in [-0.05, 0) is 18.1 Å². The van der Waals surface area contributed by atoms with Gasteiger partial charge in [0, 0.05) is 30.6 Å². The Morgan fingerprint density at radius 1 is 1.36 bits per heavy atom. The molecule has 22 heavy (non-hydrogen) atoms. The van der Waals surface area contributed by atoms with E-state index in [1.807, 2.05) is 38.1 Å². The second kappa shape index (κ2) is 8.51. The highest BCUT2D eigenvalue weighted by Gasteiger charge is 2.25. The van der Waals surface area contributed by atoms with Crippen molar-refractivity contribution < 1.29 is 9.53 Å². The minimum absolute atomic E-state index is 0.0385. The standard InChI is InChI=1S/C17H25ClN2O2/c1-3-13(2)17(21)19-12-16(20-8-10-22-11-9-20)14-6-4-5-7-15(14)18/h4-7,13,16H,3,8-12H2,1-2H3,(H,19,21). The fraction of sp³-hybridized carbons (Fsp3) is 0.588. The first-order valence-electron chi connectivity index (χ1n) is 7.97. The molecule has 122 valence electrons. The summed E-state index contributed by atoms with van der Waals surface area (Å²) in [5.74, 6) is 0.143. The maximum Gasteiger partial charge on any atom is 0.222 e. The zero-order valence-electron chi connectivity index (χ0n) is 13.3. The van der Waals surface area contributed by atoms with E-state index in [2.05, 4.69) is 10.2 Å². The maximum atomic E-state index is 12.1. The summed E-state index contributed by atoms with van der Waals surface area (Å²) in [6.45, 7) is 7.71. The van der Waals surface area contributed by atoms with Gasteiger partial charge in [-0.25, -0.2) is 0 Å². The van der Waals surface area contributed by atoms with Crippen LogP contribution < -0.4 is 5.32 Å². The molecular formula is C17H25ClN2O2. The SMILES string of the molecule is CCC(C)C(=O)NCC(c1ccccc1Cl)N1CCOCC1. The average Bonchev–Trinajstić information content (AvgIpc) is 2.56. The summed E-state index contributed by atoms with van der Waals surface area (Å²) in [6, 6.07) is 7.95. The average molecular weight is 325 g/mol. The largest absolute Gasteiger partial charge is 0.379 e. The van der Waals surface area contributed by atoms with E-state index in [1.165, 1.54) is 0 Å². The molecule has 2 rings (SSSR count). The van der Waals surface area contributed by atoms with Crippen LogP contribution in [-0.2, 0) is 9.53 Å². The van der Waals surface area contributed by atoms with E-state index >= 15 is 0 Å². The lowest BCUT2D eigenvalue weighted by atomic mass is 10.0. The summed E-state index contributed by atoms with van der Waals surface area (Å²) in [5.41, 5.74) is 1.07. The Morgan fingerprint density at radius 2 is 2.05 bits per heavy atom. The van der Waals surface area contributed by atoms with Crippen molar-refractivity contribution in [3.05, 3.63) is 34.9 Å². The van der Waals surface area contributed by atoms with Crippen molar-refractivity contribution in [2.45, 2.75) is 26.3 Å². The Bertz CT molecular complexity index is 489. The summed E-state index contributed by atoms with van der Waals surface area (Å²) in [5, 5.41) is 3.82. The Labute approximate surface area is 137 Å². The van der Waals surface area contributed by atoms with E-state index in [1.54, 1.807) is 0 Å². The van der Waals surface area contributed by atoms with E-state index in [4.69, 9.17) is 16.3 Å². The van der Waals surface area contributed by atoms with Crippen molar-refractivity contribution in [2.24, 2.45) is 5.92 Å². The van der Waals surface area contributed by atoms with Gasteiger partial charge in [0.25, 0.3) is 0 Å². The number of ether oxygens (including phenoxy) is 1. The van der Waals surface area contributed by atoms with E-state index in [9.17, 15) is 4.79 Å². The third kappa shape index (κ3) is 4.45. The first kappa shape index (κ1) is 17.3. The number of nitrogens with zero attached hydrogens (tertiary/aromatic N) is 1. The van der Waals surface area contributed by atoms with Crippen LogP contribution in [-0.4, -0.2) is 43.7 Å². The topological polar surface area (TPSA) is 41.6 Å². The zero-order valence-corrected chi connectivity index (χ0v) is 14.1. The molecule has 1 aromatic rings. The number of carbonyl (C=O) groups is 1. The van der Waals surface area contributed by atoms with Gasteiger partial charge in [0.1, 0.15) is 0 Å². The van der Waals surface area contributed by atoms with Gasteiger partial charge in [0.2, 0.25) is 5.91 Å². The molecule has 0 radical (unpaired) electrons. The zero-order chi connectivity index (χ0) is 15.9. The lowest BCUT2D eigenvalue weighted by Crippen LogP contribution is -2.44. The molecule has 1 amide bonds. The van der Waals surface area contributed by atoms with Gasteiger partial charge in [0.15, 0.2) is 0 Å². The van der Waals surface area contributed by atoms with Crippen molar-refractivity contribution in [3.8, 4) is 0 Å². The molecule has 1 fully saturated rings. The van der Waals surface area contributed by atoms with E-state index in [0.717, 1.165) is 43.3 Å². The molecule has 0 bridgehead atoms. The van der Waals surface area contributed by atoms with E-state index < -0.39 is 0 Å². The smallest absolute Gasteiger partial charge is 0.222 e. The molecule has 1 N–H and O–H groups in total. The molecule has 4 nitrogen and oxygen atoms in total. The number of hydrogen-bond acceptors (Lipinski definition) is 3. The quantitative estimate of drug-likeness (QED) is 0.875. The maximum absolute atomic E-state index is 12.1. The van der Waals surface area contributed by atoms with Gasteiger partial charge in [0.05, 0.1) is 19.3 Å².